The molecule has 2 heterocycles. The number of hydrogen-bond donors (Lipinski definition) is 2. The minimum absolute atomic E-state index is 0.0101. The van der Waals surface area contributed by atoms with Crippen LogP contribution in [-0.2, 0) is 17.8 Å². The highest BCUT2D eigenvalue weighted by Gasteiger charge is 2.17. The van der Waals surface area contributed by atoms with Crippen molar-refractivity contribution in [2.45, 2.75) is 26.3 Å². The highest BCUT2D eigenvalue weighted by atomic mass is 16.7. The fourth-order valence-corrected chi connectivity index (χ4v) is 2.65. The molecule has 0 aliphatic carbocycles. The Morgan fingerprint density at radius 1 is 1.38 bits per heavy atom. The molecule has 0 unspecified atom stereocenters. The number of aromatic amines is 1. The van der Waals surface area contributed by atoms with Crippen LogP contribution >= 0.6 is 0 Å². The molecule has 1 aliphatic heterocycles. The summed E-state index contributed by atoms with van der Waals surface area (Å²) in [5, 5.41) is 9.22. The van der Waals surface area contributed by atoms with Crippen molar-refractivity contribution in [2.24, 2.45) is 0 Å². The zero-order valence-electron chi connectivity index (χ0n) is 13.6. The summed E-state index contributed by atoms with van der Waals surface area (Å²) in [7, 11) is 0. The molecule has 2 N–H and O–H groups in total. The largest absolute Gasteiger partial charge is 0.454 e. The van der Waals surface area contributed by atoms with E-state index in [1.807, 2.05) is 25.1 Å². The van der Waals surface area contributed by atoms with E-state index in [9.17, 15) is 9.90 Å². The Hall–Kier alpha value is -2.54. The number of imidazole rings is 1. The van der Waals surface area contributed by atoms with Gasteiger partial charge in [-0.25, -0.2) is 4.98 Å². The van der Waals surface area contributed by atoms with Crippen LogP contribution in [0.3, 0.4) is 0 Å². The maximum Gasteiger partial charge on any atom is 0.231 e. The van der Waals surface area contributed by atoms with Crippen molar-refractivity contribution in [3.8, 4) is 11.5 Å². The van der Waals surface area contributed by atoms with E-state index < -0.39 is 0 Å². The predicted octanol–water partition coefficient (Wildman–Crippen LogP) is 1.40. The minimum Gasteiger partial charge on any atom is -0.454 e. The fourth-order valence-electron chi connectivity index (χ4n) is 2.65. The number of aliphatic hydroxyl groups is 1. The van der Waals surface area contributed by atoms with Gasteiger partial charge in [-0.2, -0.15) is 0 Å². The van der Waals surface area contributed by atoms with Gasteiger partial charge in [0.2, 0.25) is 12.7 Å². The molecule has 0 radical (unpaired) electrons. The molecule has 2 aromatic rings. The van der Waals surface area contributed by atoms with Crippen LogP contribution in [0.25, 0.3) is 0 Å². The van der Waals surface area contributed by atoms with Crippen LogP contribution in [0.4, 0.5) is 0 Å². The molecule has 0 bridgehead atoms. The molecule has 0 spiro atoms. The van der Waals surface area contributed by atoms with Gasteiger partial charge in [0, 0.05) is 18.7 Å². The molecule has 0 atom stereocenters. The van der Waals surface area contributed by atoms with Crippen molar-refractivity contribution in [3.05, 3.63) is 41.5 Å². The van der Waals surface area contributed by atoms with Gasteiger partial charge in [-0.3, -0.25) is 4.79 Å². The van der Waals surface area contributed by atoms with Crippen molar-refractivity contribution in [3.63, 3.8) is 0 Å². The van der Waals surface area contributed by atoms with Crippen molar-refractivity contribution >= 4 is 5.91 Å². The lowest BCUT2D eigenvalue weighted by molar-refractivity contribution is -0.132. The number of H-pyrrole nitrogens is 1. The molecule has 0 fully saturated rings. The molecule has 0 saturated heterocycles. The summed E-state index contributed by atoms with van der Waals surface area (Å²) < 4.78 is 10.6. The number of benzene rings is 1. The third kappa shape index (κ3) is 3.68. The van der Waals surface area contributed by atoms with Crippen LogP contribution in [0.5, 0.6) is 11.5 Å². The number of aliphatic hydroxyl groups excluding tert-OH is 1. The smallest absolute Gasteiger partial charge is 0.231 e. The highest BCUT2D eigenvalue weighted by Crippen LogP contribution is 2.32. The van der Waals surface area contributed by atoms with E-state index >= 15 is 0 Å². The number of carbonyl (C=O) groups is 1. The number of rotatable bonds is 7. The van der Waals surface area contributed by atoms with Crippen molar-refractivity contribution < 1.29 is 19.4 Å². The van der Waals surface area contributed by atoms with E-state index in [4.69, 9.17) is 9.47 Å². The van der Waals surface area contributed by atoms with Gasteiger partial charge in [0.1, 0.15) is 0 Å². The second-order valence-electron chi connectivity index (χ2n) is 5.70. The first-order valence-electron chi connectivity index (χ1n) is 7.93. The summed E-state index contributed by atoms with van der Waals surface area (Å²) in [6.07, 6.45) is 2.58. The van der Waals surface area contributed by atoms with E-state index in [2.05, 4.69) is 9.97 Å². The number of carbonyl (C=O) groups excluding carboxylic acids is 1. The molecule has 24 heavy (non-hydrogen) atoms. The lowest BCUT2D eigenvalue weighted by atomic mass is 10.1. The second-order valence-corrected chi connectivity index (χ2v) is 5.70. The topological polar surface area (TPSA) is 87.7 Å². The van der Waals surface area contributed by atoms with Gasteiger partial charge in [-0.15, -0.1) is 0 Å². The van der Waals surface area contributed by atoms with Gasteiger partial charge in [0.15, 0.2) is 11.5 Å². The van der Waals surface area contributed by atoms with Gasteiger partial charge < -0.3 is 24.5 Å². The van der Waals surface area contributed by atoms with Crippen molar-refractivity contribution in [1.82, 2.24) is 14.9 Å². The molecule has 128 valence electrons. The summed E-state index contributed by atoms with van der Waals surface area (Å²) >= 11 is 0. The SMILES string of the molecule is Cc1[nH]cnc1CN(CCO)C(=O)CCc1ccc2c(c1)OCO2. The Morgan fingerprint density at radius 3 is 2.96 bits per heavy atom. The molecular formula is C17H21N3O4. The lowest BCUT2D eigenvalue weighted by Gasteiger charge is -2.21. The first-order valence-corrected chi connectivity index (χ1v) is 7.93. The van der Waals surface area contributed by atoms with Gasteiger partial charge in [0.25, 0.3) is 0 Å². The molecule has 0 saturated carbocycles. The summed E-state index contributed by atoms with van der Waals surface area (Å²) in [4.78, 5) is 21.3. The van der Waals surface area contributed by atoms with Crippen LogP contribution < -0.4 is 9.47 Å². The van der Waals surface area contributed by atoms with E-state index in [0.717, 1.165) is 28.5 Å². The zero-order valence-corrected chi connectivity index (χ0v) is 13.6. The maximum absolute atomic E-state index is 12.5. The number of aryl methyl sites for hydroxylation is 2. The summed E-state index contributed by atoms with van der Waals surface area (Å²) in [5.74, 6) is 1.45. The highest BCUT2D eigenvalue weighted by molar-refractivity contribution is 5.76. The lowest BCUT2D eigenvalue weighted by Crippen LogP contribution is -2.33. The number of nitrogens with zero attached hydrogens (tertiary/aromatic N) is 2. The van der Waals surface area contributed by atoms with Gasteiger partial charge in [0.05, 0.1) is 25.2 Å². The van der Waals surface area contributed by atoms with Crippen molar-refractivity contribution in [2.75, 3.05) is 19.9 Å². The monoisotopic (exact) mass is 331 g/mol. The first kappa shape index (κ1) is 16.3. The van der Waals surface area contributed by atoms with Gasteiger partial charge >= 0.3 is 0 Å². The maximum atomic E-state index is 12.5. The van der Waals surface area contributed by atoms with Crippen LogP contribution in [0, 0.1) is 6.92 Å². The Labute approximate surface area is 140 Å². The quantitative estimate of drug-likeness (QED) is 0.801. The number of ether oxygens (including phenoxy) is 2. The number of hydrogen-bond acceptors (Lipinski definition) is 5. The zero-order chi connectivity index (χ0) is 16.9. The van der Waals surface area contributed by atoms with E-state index in [0.29, 0.717) is 25.9 Å². The van der Waals surface area contributed by atoms with Crippen molar-refractivity contribution in [1.29, 1.82) is 0 Å². The molecule has 3 rings (SSSR count). The Balaban J connectivity index is 1.60. The molecule has 7 heteroatoms. The van der Waals surface area contributed by atoms with Crippen LogP contribution in [0.15, 0.2) is 24.5 Å². The standard InChI is InChI=1S/C17H21N3O4/c1-12-14(19-10-18-12)9-20(6-7-21)17(22)5-3-13-2-4-15-16(8-13)24-11-23-15/h2,4,8,10,21H,3,5-7,9,11H2,1H3,(H,18,19). The Kier molecular flexibility index (Phi) is 5.00. The van der Waals surface area contributed by atoms with E-state index in [-0.39, 0.29) is 19.3 Å². The average Bonchev–Trinajstić information content (AvgIpc) is 3.20. The van der Waals surface area contributed by atoms with E-state index in [1.165, 1.54) is 0 Å². The number of fused-ring (bicyclic) bond motifs is 1. The number of amides is 1. The first-order chi connectivity index (χ1) is 11.7. The van der Waals surface area contributed by atoms with E-state index in [1.54, 1.807) is 11.2 Å². The molecule has 7 nitrogen and oxygen atoms in total. The van der Waals surface area contributed by atoms with Crippen LogP contribution in [0.1, 0.15) is 23.4 Å². The summed E-state index contributed by atoms with van der Waals surface area (Å²) in [5.41, 5.74) is 2.77. The third-order valence-corrected chi connectivity index (χ3v) is 4.06. The van der Waals surface area contributed by atoms with Crippen LogP contribution in [0.2, 0.25) is 0 Å². The van der Waals surface area contributed by atoms with Gasteiger partial charge in [-0.05, 0) is 31.0 Å². The fraction of sp³-hybridized carbons (Fsp3) is 0.412. The molecule has 1 amide bonds. The summed E-state index contributed by atoms with van der Waals surface area (Å²) in [6.45, 7) is 2.78. The number of aromatic nitrogens is 2. The van der Waals surface area contributed by atoms with Gasteiger partial charge in [-0.1, -0.05) is 6.07 Å². The predicted molar refractivity (Wildman–Crippen MR) is 86.7 cm³/mol. The second kappa shape index (κ2) is 7.35. The average molecular weight is 331 g/mol. The summed E-state index contributed by atoms with van der Waals surface area (Å²) in [6, 6.07) is 5.71. The van der Waals surface area contributed by atoms with Crippen LogP contribution in [-0.4, -0.2) is 45.8 Å². The normalized spacial score (nSPS) is 12.4. The molecule has 1 aliphatic rings. The number of nitrogens with one attached hydrogen (secondary N) is 1. The Morgan fingerprint density at radius 2 is 2.21 bits per heavy atom. The Bertz CT molecular complexity index is 714. The minimum atomic E-state index is -0.0702. The molecule has 1 aromatic carbocycles. The molecular weight excluding hydrogens is 310 g/mol. The third-order valence-electron chi connectivity index (χ3n) is 4.06. The molecule has 1 aromatic heterocycles.